The van der Waals surface area contributed by atoms with Crippen molar-refractivity contribution >= 4 is 5.91 Å². The van der Waals surface area contributed by atoms with Crippen molar-refractivity contribution in [3.05, 3.63) is 36.4 Å². The van der Waals surface area contributed by atoms with Crippen molar-refractivity contribution in [1.82, 2.24) is 29.6 Å². The lowest BCUT2D eigenvalue weighted by Gasteiger charge is -2.33. The molecule has 2 aromatic heterocycles. The molecule has 3 rings (SSSR count). The van der Waals surface area contributed by atoms with Crippen LogP contribution in [-0.4, -0.2) is 48.6 Å². The summed E-state index contributed by atoms with van der Waals surface area (Å²) in [7, 11) is 0. The quantitative estimate of drug-likeness (QED) is 0.853. The van der Waals surface area contributed by atoms with Gasteiger partial charge in [0.05, 0.1) is 12.5 Å². The van der Waals surface area contributed by atoms with E-state index < -0.39 is 0 Å². The van der Waals surface area contributed by atoms with E-state index in [0.717, 1.165) is 37.2 Å². The molecule has 3 heterocycles. The van der Waals surface area contributed by atoms with Crippen molar-refractivity contribution in [2.45, 2.75) is 39.2 Å². The highest BCUT2D eigenvalue weighted by atomic mass is 16.2. The van der Waals surface area contributed by atoms with Crippen LogP contribution < -0.4 is 0 Å². The number of nitrogens with zero attached hydrogens (tertiary/aromatic N) is 6. The van der Waals surface area contributed by atoms with E-state index >= 15 is 0 Å². The topological polar surface area (TPSA) is 76.8 Å². The zero-order valence-corrected chi connectivity index (χ0v) is 13.6. The van der Waals surface area contributed by atoms with Gasteiger partial charge in [0.1, 0.15) is 19.0 Å². The third kappa shape index (κ3) is 3.55. The molecule has 0 aromatic carbocycles. The molecule has 0 bridgehead atoms. The van der Waals surface area contributed by atoms with Crippen LogP contribution in [0.5, 0.6) is 0 Å². The summed E-state index contributed by atoms with van der Waals surface area (Å²) >= 11 is 0. The van der Waals surface area contributed by atoms with Crippen molar-refractivity contribution in [3.8, 4) is 0 Å². The molecule has 1 saturated heterocycles. The van der Waals surface area contributed by atoms with E-state index in [1.54, 1.807) is 17.3 Å². The summed E-state index contributed by atoms with van der Waals surface area (Å²) in [5.41, 5.74) is 2.26. The highest BCUT2D eigenvalue weighted by Crippen LogP contribution is 2.28. The summed E-state index contributed by atoms with van der Waals surface area (Å²) in [6.07, 6.45) is 8.53. The molecule has 0 aliphatic carbocycles. The Morgan fingerprint density at radius 3 is 2.74 bits per heavy atom. The van der Waals surface area contributed by atoms with Crippen LogP contribution in [0, 0.1) is 12.8 Å². The van der Waals surface area contributed by atoms with Crippen LogP contribution >= 0.6 is 0 Å². The van der Waals surface area contributed by atoms with E-state index in [-0.39, 0.29) is 11.8 Å². The summed E-state index contributed by atoms with van der Waals surface area (Å²) < 4.78 is 1.71. The highest BCUT2D eigenvalue weighted by Gasteiger charge is 2.28. The van der Waals surface area contributed by atoms with Crippen molar-refractivity contribution in [3.63, 3.8) is 0 Å². The zero-order chi connectivity index (χ0) is 16.2. The first-order valence-corrected chi connectivity index (χ1v) is 8.03. The minimum Gasteiger partial charge on any atom is -0.342 e. The molecule has 7 heteroatoms. The molecular weight excluding hydrogens is 292 g/mol. The molecule has 0 radical (unpaired) electrons. The molecule has 1 amide bonds. The van der Waals surface area contributed by atoms with E-state index in [2.05, 4.69) is 20.1 Å². The van der Waals surface area contributed by atoms with Crippen molar-refractivity contribution in [2.24, 2.45) is 5.92 Å². The molecule has 7 nitrogen and oxygen atoms in total. The Morgan fingerprint density at radius 1 is 1.30 bits per heavy atom. The number of carbonyl (C=O) groups excluding carboxylic acids is 1. The van der Waals surface area contributed by atoms with Crippen LogP contribution in [-0.2, 0) is 11.3 Å². The van der Waals surface area contributed by atoms with Crippen LogP contribution in [0.3, 0.4) is 0 Å². The van der Waals surface area contributed by atoms with Crippen LogP contribution in [0.4, 0.5) is 0 Å². The molecule has 122 valence electrons. The van der Waals surface area contributed by atoms with Gasteiger partial charge in [-0.2, -0.15) is 5.10 Å². The van der Waals surface area contributed by atoms with Gasteiger partial charge in [-0.25, -0.2) is 15.0 Å². The number of piperidine rings is 1. The van der Waals surface area contributed by atoms with Crippen LogP contribution in [0.1, 0.15) is 36.9 Å². The lowest BCUT2D eigenvalue weighted by atomic mass is 9.90. The molecular formula is C16H22N6O. The summed E-state index contributed by atoms with van der Waals surface area (Å²) in [4.78, 5) is 26.9. The van der Waals surface area contributed by atoms with Crippen molar-refractivity contribution in [2.75, 3.05) is 13.1 Å². The van der Waals surface area contributed by atoms with E-state index in [0.29, 0.717) is 12.5 Å². The van der Waals surface area contributed by atoms with Crippen molar-refractivity contribution in [1.29, 1.82) is 0 Å². The first-order chi connectivity index (χ1) is 11.1. The lowest BCUT2D eigenvalue weighted by molar-refractivity contribution is -0.136. The van der Waals surface area contributed by atoms with Gasteiger partial charge in [0.2, 0.25) is 5.91 Å². The Morgan fingerprint density at radius 2 is 2.09 bits per heavy atom. The summed E-state index contributed by atoms with van der Waals surface area (Å²) in [5, 5.41) is 4.07. The maximum atomic E-state index is 12.6. The standard InChI is InChI=1S/C16H22N6O/c1-12-7-17-9-19-15(12)14-3-5-21(6-4-14)16(23)13(2)8-22-11-18-10-20-22/h7,9-11,13-14H,3-6,8H2,1-2H3. The molecule has 0 spiro atoms. The third-order valence-electron chi connectivity index (χ3n) is 4.48. The Balaban J connectivity index is 1.56. The summed E-state index contributed by atoms with van der Waals surface area (Å²) in [6.45, 7) is 6.14. The van der Waals surface area contributed by atoms with E-state index in [1.165, 1.54) is 6.33 Å². The van der Waals surface area contributed by atoms with Crippen LogP contribution in [0.15, 0.2) is 25.2 Å². The molecule has 1 aliphatic heterocycles. The normalized spacial score (nSPS) is 17.2. The van der Waals surface area contributed by atoms with Gasteiger partial charge in [0, 0.05) is 30.9 Å². The second kappa shape index (κ2) is 6.85. The Labute approximate surface area is 135 Å². The maximum Gasteiger partial charge on any atom is 0.227 e. The fraction of sp³-hybridized carbons (Fsp3) is 0.562. The second-order valence-electron chi connectivity index (χ2n) is 6.21. The average Bonchev–Trinajstić information content (AvgIpc) is 3.08. The number of likely N-dealkylation sites (tertiary alicyclic amines) is 1. The Bertz CT molecular complexity index is 648. The van der Waals surface area contributed by atoms with Gasteiger partial charge in [-0.1, -0.05) is 6.92 Å². The summed E-state index contributed by atoms with van der Waals surface area (Å²) in [6, 6.07) is 0. The molecule has 2 aromatic rings. The lowest BCUT2D eigenvalue weighted by Crippen LogP contribution is -2.41. The van der Waals surface area contributed by atoms with Gasteiger partial charge in [0.25, 0.3) is 0 Å². The number of aryl methyl sites for hydroxylation is 1. The number of aromatic nitrogens is 5. The predicted octanol–water partition coefficient (Wildman–Crippen LogP) is 1.42. The molecule has 0 saturated carbocycles. The van der Waals surface area contributed by atoms with Gasteiger partial charge in [0.15, 0.2) is 0 Å². The Hall–Kier alpha value is -2.31. The van der Waals surface area contributed by atoms with Gasteiger partial charge < -0.3 is 4.90 Å². The molecule has 1 aliphatic rings. The molecule has 0 N–H and O–H groups in total. The average molecular weight is 314 g/mol. The number of rotatable bonds is 4. The van der Waals surface area contributed by atoms with Crippen molar-refractivity contribution < 1.29 is 4.79 Å². The largest absolute Gasteiger partial charge is 0.342 e. The first kappa shape index (κ1) is 15.6. The van der Waals surface area contributed by atoms with Gasteiger partial charge in [-0.3, -0.25) is 9.48 Å². The minimum absolute atomic E-state index is 0.0889. The summed E-state index contributed by atoms with van der Waals surface area (Å²) in [5.74, 6) is 0.528. The fourth-order valence-corrected chi connectivity index (χ4v) is 3.21. The van der Waals surface area contributed by atoms with Gasteiger partial charge in [-0.05, 0) is 25.3 Å². The fourth-order valence-electron chi connectivity index (χ4n) is 3.21. The molecule has 1 atom stereocenters. The van der Waals surface area contributed by atoms with Gasteiger partial charge in [-0.15, -0.1) is 0 Å². The number of hydrogen-bond donors (Lipinski definition) is 0. The minimum atomic E-state index is -0.0889. The zero-order valence-electron chi connectivity index (χ0n) is 13.6. The predicted molar refractivity (Wildman–Crippen MR) is 84.5 cm³/mol. The smallest absolute Gasteiger partial charge is 0.227 e. The number of amides is 1. The third-order valence-corrected chi connectivity index (χ3v) is 4.48. The SMILES string of the molecule is Cc1cncnc1C1CCN(C(=O)C(C)Cn2cncn2)CC1. The molecule has 1 fully saturated rings. The second-order valence-corrected chi connectivity index (χ2v) is 6.21. The number of hydrogen-bond acceptors (Lipinski definition) is 5. The monoisotopic (exact) mass is 314 g/mol. The highest BCUT2D eigenvalue weighted by molar-refractivity contribution is 5.78. The molecule has 23 heavy (non-hydrogen) atoms. The Kier molecular flexibility index (Phi) is 4.64. The maximum absolute atomic E-state index is 12.6. The van der Waals surface area contributed by atoms with E-state index in [4.69, 9.17) is 0 Å². The number of carbonyl (C=O) groups is 1. The van der Waals surface area contributed by atoms with Gasteiger partial charge >= 0.3 is 0 Å². The molecule has 1 unspecified atom stereocenters. The van der Waals surface area contributed by atoms with E-state index in [1.807, 2.05) is 24.9 Å². The first-order valence-electron chi connectivity index (χ1n) is 8.03. The van der Waals surface area contributed by atoms with Crippen LogP contribution in [0.25, 0.3) is 0 Å². The van der Waals surface area contributed by atoms with E-state index in [9.17, 15) is 4.79 Å². The van der Waals surface area contributed by atoms with Crippen LogP contribution in [0.2, 0.25) is 0 Å².